The number of ether oxygens (including phenoxy) is 2. The normalized spacial score (nSPS) is 21.8. The van der Waals surface area contributed by atoms with Gasteiger partial charge in [0.25, 0.3) is 0 Å². The van der Waals surface area contributed by atoms with Gasteiger partial charge in [-0.1, -0.05) is 6.07 Å². The van der Waals surface area contributed by atoms with E-state index in [9.17, 15) is 8.78 Å². The number of hydrogen-bond acceptors (Lipinski definition) is 5. The molecule has 2 aliphatic rings. The number of halogens is 2. The number of nitrogens with zero attached hydrogens (tertiary/aromatic N) is 1. The SMILES string of the molecule is OCCC[C@H](c1ccc2c(c1)OC(F)(F)O2)N1CCNCC1. The van der Waals surface area contributed by atoms with Gasteiger partial charge < -0.3 is 19.9 Å². The minimum atomic E-state index is -3.59. The molecule has 22 heavy (non-hydrogen) atoms. The molecule has 5 nitrogen and oxygen atoms in total. The Morgan fingerprint density at radius 2 is 1.95 bits per heavy atom. The van der Waals surface area contributed by atoms with Gasteiger partial charge in [-0.3, -0.25) is 4.90 Å². The van der Waals surface area contributed by atoms with E-state index in [0.717, 1.165) is 38.2 Å². The van der Waals surface area contributed by atoms with Crippen LogP contribution >= 0.6 is 0 Å². The summed E-state index contributed by atoms with van der Waals surface area (Å²) in [6.45, 7) is 3.70. The fourth-order valence-electron chi connectivity index (χ4n) is 3.01. The second kappa shape index (κ2) is 6.36. The number of hydrogen-bond donors (Lipinski definition) is 2. The van der Waals surface area contributed by atoms with E-state index in [1.807, 2.05) is 0 Å². The fraction of sp³-hybridized carbons (Fsp3) is 0.600. The second-order valence-corrected chi connectivity index (χ2v) is 5.54. The third-order valence-electron chi connectivity index (χ3n) is 4.04. The number of aliphatic hydroxyl groups is 1. The van der Waals surface area contributed by atoms with Crippen molar-refractivity contribution in [2.45, 2.75) is 25.2 Å². The van der Waals surface area contributed by atoms with E-state index in [1.165, 1.54) is 6.07 Å². The number of nitrogens with one attached hydrogen (secondary N) is 1. The lowest BCUT2D eigenvalue weighted by Crippen LogP contribution is -2.45. The van der Waals surface area contributed by atoms with Gasteiger partial charge in [-0.25, -0.2) is 0 Å². The Morgan fingerprint density at radius 1 is 1.23 bits per heavy atom. The van der Waals surface area contributed by atoms with E-state index in [2.05, 4.69) is 19.7 Å². The van der Waals surface area contributed by atoms with Crippen molar-refractivity contribution in [2.24, 2.45) is 0 Å². The van der Waals surface area contributed by atoms with Gasteiger partial charge in [0.15, 0.2) is 11.5 Å². The average Bonchev–Trinajstić information content (AvgIpc) is 2.82. The van der Waals surface area contributed by atoms with Crippen LogP contribution in [-0.2, 0) is 0 Å². The zero-order valence-corrected chi connectivity index (χ0v) is 12.2. The molecule has 0 spiro atoms. The number of rotatable bonds is 5. The van der Waals surface area contributed by atoms with Crippen LogP contribution < -0.4 is 14.8 Å². The summed E-state index contributed by atoms with van der Waals surface area (Å²) >= 11 is 0. The maximum atomic E-state index is 13.1. The molecule has 2 heterocycles. The minimum absolute atomic E-state index is 0.0648. The topological polar surface area (TPSA) is 54.0 Å². The first-order valence-corrected chi connectivity index (χ1v) is 7.54. The molecule has 0 amide bonds. The first kappa shape index (κ1) is 15.5. The van der Waals surface area contributed by atoms with E-state index in [4.69, 9.17) is 5.11 Å². The van der Waals surface area contributed by atoms with Gasteiger partial charge in [-0.15, -0.1) is 8.78 Å². The molecule has 0 aliphatic carbocycles. The molecule has 3 rings (SSSR count). The van der Waals surface area contributed by atoms with Gasteiger partial charge in [-0.2, -0.15) is 0 Å². The highest BCUT2D eigenvalue weighted by Gasteiger charge is 2.43. The zero-order valence-electron chi connectivity index (χ0n) is 12.2. The molecule has 2 aliphatic heterocycles. The van der Waals surface area contributed by atoms with E-state index < -0.39 is 6.29 Å². The maximum Gasteiger partial charge on any atom is 0.586 e. The Hall–Kier alpha value is -1.44. The minimum Gasteiger partial charge on any atom is -0.396 e. The Balaban J connectivity index is 1.82. The molecular weight excluding hydrogens is 294 g/mol. The van der Waals surface area contributed by atoms with Crippen molar-refractivity contribution in [3.8, 4) is 11.5 Å². The summed E-state index contributed by atoms with van der Waals surface area (Å²) in [6, 6.07) is 5.03. The van der Waals surface area contributed by atoms with Gasteiger partial charge in [0, 0.05) is 38.8 Å². The van der Waals surface area contributed by atoms with Gasteiger partial charge in [0.05, 0.1) is 0 Å². The Bertz CT molecular complexity index is 522. The first-order chi connectivity index (χ1) is 10.6. The summed E-state index contributed by atoms with van der Waals surface area (Å²) in [7, 11) is 0. The van der Waals surface area contributed by atoms with Gasteiger partial charge in [0.2, 0.25) is 0 Å². The van der Waals surface area contributed by atoms with Crippen molar-refractivity contribution >= 4 is 0 Å². The molecule has 1 saturated heterocycles. The van der Waals surface area contributed by atoms with Crippen molar-refractivity contribution in [2.75, 3.05) is 32.8 Å². The molecule has 1 fully saturated rings. The smallest absolute Gasteiger partial charge is 0.396 e. The van der Waals surface area contributed by atoms with Gasteiger partial charge in [-0.05, 0) is 30.5 Å². The quantitative estimate of drug-likeness (QED) is 0.867. The lowest BCUT2D eigenvalue weighted by molar-refractivity contribution is -0.286. The standard InChI is InChI=1S/C15H20F2N2O3/c16-15(17)21-13-4-3-11(10-14(13)22-15)12(2-1-9-20)19-7-5-18-6-8-19/h3-4,10,12,18,20H,1-2,5-9H2/t12-/m1/s1. The summed E-state index contributed by atoms with van der Waals surface area (Å²) in [5, 5.41) is 12.4. The molecular formula is C15H20F2N2O3. The van der Waals surface area contributed by atoms with Crippen molar-refractivity contribution in [3.05, 3.63) is 23.8 Å². The molecule has 122 valence electrons. The van der Waals surface area contributed by atoms with Crippen molar-refractivity contribution in [1.82, 2.24) is 10.2 Å². The first-order valence-electron chi connectivity index (χ1n) is 7.54. The fourth-order valence-corrected chi connectivity index (χ4v) is 3.01. The third-order valence-corrected chi connectivity index (χ3v) is 4.04. The largest absolute Gasteiger partial charge is 0.586 e. The lowest BCUT2D eigenvalue weighted by atomic mass is 9.99. The molecule has 1 atom stereocenters. The molecule has 7 heteroatoms. The number of alkyl halides is 2. The Kier molecular flexibility index (Phi) is 4.46. The maximum absolute atomic E-state index is 13.1. The number of piperazine rings is 1. The molecule has 0 aromatic heterocycles. The second-order valence-electron chi connectivity index (χ2n) is 5.54. The predicted molar refractivity (Wildman–Crippen MR) is 76.1 cm³/mol. The molecule has 2 N–H and O–H groups in total. The third kappa shape index (κ3) is 3.31. The van der Waals surface area contributed by atoms with Crippen LogP contribution in [0.1, 0.15) is 24.4 Å². The molecule has 0 bridgehead atoms. The van der Waals surface area contributed by atoms with E-state index >= 15 is 0 Å². The number of aliphatic hydroxyl groups excluding tert-OH is 1. The van der Waals surface area contributed by atoms with Crippen molar-refractivity contribution in [1.29, 1.82) is 0 Å². The van der Waals surface area contributed by atoms with Gasteiger partial charge >= 0.3 is 6.29 Å². The van der Waals surface area contributed by atoms with Crippen LogP contribution in [0.4, 0.5) is 8.78 Å². The summed E-state index contributed by atoms with van der Waals surface area (Å²) in [4.78, 5) is 2.31. The van der Waals surface area contributed by atoms with E-state index in [0.29, 0.717) is 6.42 Å². The van der Waals surface area contributed by atoms with E-state index in [-0.39, 0.29) is 24.1 Å². The van der Waals surface area contributed by atoms with Crippen LogP contribution in [0, 0.1) is 0 Å². The monoisotopic (exact) mass is 314 g/mol. The average molecular weight is 314 g/mol. The molecule has 1 aromatic carbocycles. The Morgan fingerprint density at radius 3 is 2.68 bits per heavy atom. The summed E-state index contributed by atoms with van der Waals surface area (Å²) < 4.78 is 35.2. The zero-order chi connectivity index (χ0) is 15.6. The van der Waals surface area contributed by atoms with Gasteiger partial charge in [0.1, 0.15) is 0 Å². The lowest BCUT2D eigenvalue weighted by Gasteiger charge is -2.35. The van der Waals surface area contributed by atoms with Crippen LogP contribution in [0.5, 0.6) is 11.5 Å². The highest BCUT2D eigenvalue weighted by Crippen LogP contribution is 2.43. The highest BCUT2D eigenvalue weighted by molar-refractivity contribution is 5.46. The van der Waals surface area contributed by atoms with Crippen LogP contribution in [0.2, 0.25) is 0 Å². The van der Waals surface area contributed by atoms with Crippen LogP contribution in [-0.4, -0.2) is 49.1 Å². The molecule has 1 aromatic rings. The molecule has 0 unspecified atom stereocenters. The number of benzene rings is 1. The van der Waals surface area contributed by atoms with Crippen LogP contribution in [0.15, 0.2) is 18.2 Å². The van der Waals surface area contributed by atoms with Crippen molar-refractivity contribution < 1.29 is 23.4 Å². The summed E-state index contributed by atoms with van der Waals surface area (Å²) in [5.74, 6) is 0.140. The number of fused-ring (bicyclic) bond motifs is 1. The van der Waals surface area contributed by atoms with E-state index in [1.54, 1.807) is 12.1 Å². The Labute approximate surface area is 127 Å². The van der Waals surface area contributed by atoms with Crippen molar-refractivity contribution in [3.63, 3.8) is 0 Å². The highest BCUT2D eigenvalue weighted by atomic mass is 19.3. The van der Waals surface area contributed by atoms with Crippen LogP contribution in [0.25, 0.3) is 0 Å². The molecule has 0 radical (unpaired) electrons. The molecule has 0 saturated carbocycles. The summed E-state index contributed by atoms with van der Waals surface area (Å²) in [6.07, 6.45) is -2.15. The summed E-state index contributed by atoms with van der Waals surface area (Å²) in [5.41, 5.74) is 0.912. The predicted octanol–water partition coefficient (Wildman–Crippen LogP) is 1.73. The van der Waals surface area contributed by atoms with Crippen LogP contribution in [0.3, 0.4) is 0 Å².